The van der Waals surface area contributed by atoms with Crippen molar-refractivity contribution in [3.8, 4) is 11.6 Å². The zero-order valence-electron chi connectivity index (χ0n) is 10.5. The van der Waals surface area contributed by atoms with Crippen molar-refractivity contribution in [2.45, 2.75) is 4.90 Å². The van der Waals surface area contributed by atoms with Gasteiger partial charge in [-0.2, -0.15) is 0 Å². The van der Waals surface area contributed by atoms with Crippen LogP contribution in [0.4, 0.5) is 5.69 Å². The molecule has 0 saturated carbocycles. The van der Waals surface area contributed by atoms with Gasteiger partial charge >= 0.3 is 0 Å². The summed E-state index contributed by atoms with van der Waals surface area (Å²) in [6.07, 6.45) is 2.44. The Morgan fingerprint density at radius 2 is 1.90 bits per heavy atom. The van der Waals surface area contributed by atoms with Gasteiger partial charge in [-0.3, -0.25) is 10.1 Å². The van der Waals surface area contributed by atoms with E-state index in [1.54, 1.807) is 12.1 Å². The quantitative estimate of drug-likeness (QED) is 0.689. The number of rotatable bonds is 4. The number of pyridine rings is 1. The van der Waals surface area contributed by atoms with Crippen molar-refractivity contribution in [2.24, 2.45) is 0 Å². The fourth-order valence-electron chi connectivity index (χ4n) is 1.43. The predicted octanol–water partition coefficient (Wildman–Crippen LogP) is 2.82. The van der Waals surface area contributed by atoms with Gasteiger partial charge in [0.25, 0.3) is 5.69 Å². The molecule has 0 amide bonds. The first-order valence-corrected chi connectivity index (χ1v) is 7.45. The third-order valence-electron chi connectivity index (χ3n) is 2.43. The van der Waals surface area contributed by atoms with Crippen LogP contribution in [-0.4, -0.2) is 20.4 Å². The van der Waals surface area contributed by atoms with Crippen LogP contribution in [0.5, 0.6) is 11.6 Å². The summed E-state index contributed by atoms with van der Waals surface area (Å²) in [4.78, 5) is 14.2. The summed E-state index contributed by atoms with van der Waals surface area (Å²) in [5, 5.41) is 10.5. The normalized spacial score (nSPS) is 13.4. The first-order chi connectivity index (χ1) is 9.36. The lowest BCUT2D eigenvalue weighted by molar-refractivity contribution is -0.385. The predicted molar refractivity (Wildman–Crippen MR) is 72.5 cm³/mol. The van der Waals surface area contributed by atoms with Crippen LogP contribution in [0.3, 0.4) is 0 Å². The van der Waals surface area contributed by atoms with Gasteiger partial charge in [0.05, 0.1) is 14.7 Å². The molecule has 0 aliphatic carbocycles. The van der Waals surface area contributed by atoms with Gasteiger partial charge in [0, 0.05) is 23.3 Å². The molecule has 2 rings (SSSR count). The summed E-state index contributed by atoms with van der Waals surface area (Å²) in [7, 11) is -2.75. The van der Waals surface area contributed by atoms with Crippen molar-refractivity contribution in [3.05, 3.63) is 52.7 Å². The van der Waals surface area contributed by atoms with Crippen molar-refractivity contribution in [1.82, 2.24) is 4.98 Å². The lowest BCUT2D eigenvalue weighted by atomic mass is 10.3. The minimum absolute atomic E-state index is 0.118. The van der Waals surface area contributed by atoms with Gasteiger partial charge in [0.1, 0.15) is 11.9 Å². The van der Waals surface area contributed by atoms with Crippen molar-refractivity contribution in [2.75, 3.05) is 6.26 Å². The SMILES string of the molecule is CS(=N)(=O)c1ccc(Oc2ccc([N+](=O)[O-])cn2)cc1. The number of ether oxygens (including phenoxy) is 1. The van der Waals surface area contributed by atoms with E-state index in [9.17, 15) is 14.3 Å². The van der Waals surface area contributed by atoms with E-state index in [4.69, 9.17) is 9.52 Å². The minimum atomic E-state index is -2.75. The van der Waals surface area contributed by atoms with E-state index in [1.165, 1.54) is 30.5 Å². The molecule has 1 aromatic carbocycles. The highest BCUT2D eigenvalue weighted by Gasteiger charge is 2.07. The number of hydrogen-bond donors (Lipinski definition) is 1. The first kappa shape index (κ1) is 13.9. The third kappa shape index (κ3) is 3.29. The molecular weight excluding hydrogens is 282 g/mol. The Morgan fingerprint density at radius 1 is 1.25 bits per heavy atom. The van der Waals surface area contributed by atoms with Crippen LogP contribution in [0.15, 0.2) is 47.5 Å². The van der Waals surface area contributed by atoms with Crippen molar-refractivity contribution in [3.63, 3.8) is 0 Å². The highest BCUT2D eigenvalue weighted by atomic mass is 32.2. The van der Waals surface area contributed by atoms with Gasteiger partial charge in [-0.15, -0.1) is 0 Å². The molecule has 0 aliphatic rings. The van der Waals surface area contributed by atoms with E-state index in [0.717, 1.165) is 6.20 Å². The van der Waals surface area contributed by atoms with E-state index in [0.29, 0.717) is 10.6 Å². The van der Waals surface area contributed by atoms with Gasteiger partial charge in [0.2, 0.25) is 5.88 Å². The van der Waals surface area contributed by atoms with Crippen molar-refractivity contribution in [1.29, 1.82) is 4.78 Å². The largest absolute Gasteiger partial charge is 0.439 e. The van der Waals surface area contributed by atoms with Crippen LogP contribution in [0.25, 0.3) is 0 Å². The first-order valence-electron chi connectivity index (χ1n) is 5.48. The Kier molecular flexibility index (Phi) is 3.66. The zero-order valence-corrected chi connectivity index (χ0v) is 11.3. The maximum Gasteiger partial charge on any atom is 0.287 e. The fraction of sp³-hybridized carbons (Fsp3) is 0.0833. The van der Waals surface area contributed by atoms with Crippen LogP contribution >= 0.6 is 0 Å². The Balaban J connectivity index is 2.16. The molecule has 1 heterocycles. The van der Waals surface area contributed by atoms with Gasteiger partial charge in [-0.1, -0.05) is 0 Å². The number of aromatic nitrogens is 1. The second-order valence-electron chi connectivity index (χ2n) is 4.03. The number of nitro groups is 1. The van der Waals surface area contributed by atoms with E-state index in [2.05, 4.69) is 4.98 Å². The van der Waals surface area contributed by atoms with E-state index < -0.39 is 14.7 Å². The van der Waals surface area contributed by atoms with Crippen molar-refractivity contribution < 1.29 is 13.9 Å². The van der Waals surface area contributed by atoms with E-state index >= 15 is 0 Å². The number of nitrogens with one attached hydrogen (secondary N) is 1. The van der Waals surface area contributed by atoms with Crippen LogP contribution in [0.1, 0.15) is 0 Å². The summed E-state index contributed by atoms with van der Waals surface area (Å²) >= 11 is 0. The molecule has 0 saturated heterocycles. The molecule has 0 spiro atoms. The van der Waals surface area contributed by atoms with Gasteiger partial charge in [-0.05, 0) is 24.3 Å². The molecule has 0 radical (unpaired) electrons. The maximum atomic E-state index is 11.5. The Bertz CT molecular complexity index is 724. The third-order valence-corrected chi connectivity index (χ3v) is 3.60. The van der Waals surface area contributed by atoms with Crippen LogP contribution in [0.2, 0.25) is 0 Å². The topological polar surface area (TPSA) is 106 Å². The molecular formula is C12H11N3O4S. The fourth-order valence-corrected chi connectivity index (χ4v) is 2.08. The van der Waals surface area contributed by atoms with Crippen LogP contribution in [0, 0.1) is 14.9 Å². The van der Waals surface area contributed by atoms with E-state index in [-0.39, 0.29) is 11.6 Å². The Labute approximate surface area is 115 Å². The average Bonchev–Trinajstić information content (AvgIpc) is 2.39. The maximum absolute atomic E-state index is 11.5. The summed E-state index contributed by atoms with van der Waals surface area (Å²) < 4.78 is 24.3. The molecule has 0 fully saturated rings. The average molecular weight is 293 g/mol. The van der Waals surface area contributed by atoms with Gasteiger partial charge in [0.15, 0.2) is 0 Å². The molecule has 1 unspecified atom stereocenters. The summed E-state index contributed by atoms with van der Waals surface area (Å²) in [6, 6.07) is 8.89. The summed E-state index contributed by atoms with van der Waals surface area (Å²) in [5.41, 5.74) is -0.118. The van der Waals surface area contributed by atoms with Crippen molar-refractivity contribution >= 4 is 15.4 Å². The molecule has 1 atom stereocenters. The van der Waals surface area contributed by atoms with Crippen LogP contribution < -0.4 is 4.74 Å². The molecule has 7 nitrogen and oxygen atoms in total. The molecule has 1 aromatic heterocycles. The smallest absolute Gasteiger partial charge is 0.287 e. The molecule has 2 aromatic rings. The summed E-state index contributed by atoms with van der Waals surface area (Å²) in [5.74, 6) is 0.658. The molecule has 104 valence electrons. The van der Waals surface area contributed by atoms with E-state index in [1.807, 2.05) is 0 Å². The molecule has 0 aliphatic heterocycles. The standard InChI is InChI=1S/C12H11N3O4S/c1-20(13,18)11-5-3-10(4-6-11)19-12-7-2-9(8-14-12)15(16)17/h2-8,13H,1H3. The summed E-state index contributed by atoms with van der Waals surface area (Å²) in [6.45, 7) is 0. The van der Waals surface area contributed by atoms with Gasteiger partial charge in [-0.25, -0.2) is 14.0 Å². The second kappa shape index (κ2) is 5.25. The molecule has 20 heavy (non-hydrogen) atoms. The Hall–Kier alpha value is -2.48. The highest BCUT2D eigenvalue weighted by molar-refractivity contribution is 7.91. The lowest BCUT2D eigenvalue weighted by Gasteiger charge is -2.05. The molecule has 0 bridgehead atoms. The monoisotopic (exact) mass is 293 g/mol. The molecule has 1 N–H and O–H groups in total. The lowest BCUT2D eigenvalue weighted by Crippen LogP contribution is -1.95. The van der Waals surface area contributed by atoms with Gasteiger partial charge < -0.3 is 4.74 Å². The molecule has 8 heteroatoms. The number of hydrogen-bond acceptors (Lipinski definition) is 6. The Morgan fingerprint density at radius 3 is 2.35 bits per heavy atom. The highest BCUT2D eigenvalue weighted by Crippen LogP contribution is 2.22. The zero-order chi connectivity index (χ0) is 14.8. The van der Waals surface area contributed by atoms with Crippen LogP contribution in [-0.2, 0) is 9.73 Å². The second-order valence-corrected chi connectivity index (χ2v) is 6.19. The minimum Gasteiger partial charge on any atom is -0.439 e. The number of nitrogens with zero attached hydrogens (tertiary/aromatic N) is 2. The number of benzene rings is 1.